The first-order chi connectivity index (χ1) is 10.1. The summed E-state index contributed by atoms with van der Waals surface area (Å²) in [4.78, 5) is 12.5. The van der Waals surface area contributed by atoms with Gasteiger partial charge in [-0.1, -0.05) is 24.3 Å². The Kier molecular flexibility index (Phi) is 4.21. The molecule has 108 valence electrons. The van der Waals surface area contributed by atoms with Crippen LogP contribution in [-0.4, -0.2) is 12.5 Å². The van der Waals surface area contributed by atoms with Gasteiger partial charge in [0.05, 0.1) is 5.69 Å². The Morgan fingerprint density at radius 1 is 1.29 bits per heavy atom. The SMILES string of the molecule is O=C(Nc1ccc(F)cc1I)C1NCCc2ccccc21. The van der Waals surface area contributed by atoms with E-state index in [0.717, 1.165) is 18.5 Å². The summed E-state index contributed by atoms with van der Waals surface area (Å²) in [6.07, 6.45) is 0.925. The molecule has 21 heavy (non-hydrogen) atoms. The van der Waals surface area contributed by atoms with Gasteiger partial charge in [0.1, 0.15) is 11.9 Å². The molecular weight excluding hydrogens is 382 g/mol. The predicted molar refractivity (Wildman–Crippen MR) is 88.6 cm³/mol. The molecule has 1 aliphatic heterocycles. The molecule has 1 unspecified atom stereocenters. The predicted octanol–water partition coefficient (Wildman–Crippen LogP) is 3.26. The van der Waals surface area contributed by atoms with E-state index in [4.69, 9.17) is 0 Å². The van der Waals surface area contributed by atoms with Crippen LogP contribution in [0.1, 0.15) is 17.2 Å². The molecule has 2 N–H and O–H groups in total. The molecule has 0 fully saturated rings. The normalized spacial score (nSPS) is 17.1. The van der Waals surface area contributed by atoms with E-state index in [1.165, 1.54) is 17.7 Å². The van der Waals surface area contributed by atoms with Gasteiger partial charge in [-0.2, -0.15) is 0 Å². The molecule has 3 rings (SSSR count). The lowest BCUT2D eigenvalue weighted by Gasteiger charge is -2.26. The Hall–Kier alpha value is -1.47. The number of hydrogen-bond acceptors (Lipinski definition) is 2. The maximum absolute atomic E-state index is 13.1. The third-order valence-corrected chi connectivity index (χ3v) is 4.45. The summed E-state index contributed by atoms with van der Waals surface area (Å²) in [5.41, 5.74) is 2.84. The Balaban J connectivity index is 1.83. The highest BCUT2D eigenvalue weighted by atomic mass is 127. The first-order valence-electron chi connectivity index (χ1n) is 6.72. The van der Waals surface area contributed by atoms with Crippen LogP contribution in [-0.2, 0) is 11.2 Å². The van der Waals surface area contributed by atoms with Crippen LogP contribution in [0.25, 0.3) is 0 Å². The zero-order valence-corrected chi connectivity index (χ0v) is 13.4. The van der Waals surface area contributed by atoms with Crippen molar-refractivity contribution < 1.29 is 9.18 Å². The number of halogens is 2. The number of rotatable bonds is 2. The monoisotopic (exact) mass is 396 g/mol. The maximum atomic E-state index is 13.1. The first kappa shape index (κ1) is 14.5. The summed E-state index contributed by atoms with van der Waals surface area (Å²) in [7, 11) is 0. The number of hydrogen-bond donors (Lipinski definition) is 2. The van der Waals surface area contributed by atoms with Gasteiger partial charge in [-0.05, 0) is 58.3 Å². The quantitative estimate of drug-likeness (QED) is 0.766. The molecule has 0 aliphatic carbocycles. The lowest BCUT2D eigenvalue weighted by molar-refractivity contribution is -0.118. The second-order valence-corrected chi connectivity index (χ2v) is 6.11. The lowest BCUT2D eigenvalue weighted by Crippen LogP contribution is -2.38. The Bertz CT molecular complexity index is 690. The van der Waals surface area contributed by atoms with Crippen molar-refractivity contribution in [2.24, 2.45) is 0 Å². The molecule has 0 spiro atoms. The summed E-state index contributed by atoms with van der Waals surface area (Å²) in [5.74, 6) is -0.426. The van der Waals surface area contributed by atoms with Crippen LogP contribution in [0.5, 0.6) is 0 Å². The van der Waals surface area contributed by atoms with Crippen molar-refractivity contribution in [3.05, 3.63) is 63.0 Å². The fourth-order valence-corrected chi connectivity index (χ4v) is 3.15. The summed E-state index contributed by atoms with van der Waals surface area (Å²) in [6.45, 7) is 0.773. The summed E-state index contributed by atoms with van der Waals surface area (Å²) in [6, 6.07) is 11.9. The highest BCUT2D eigenvalue weighted by Gasteiger charge is 2.26. The number of carbonyl (C=O) groups is 1. The molecule has 1 amide bonds. The van der Waals surface area contributed by atoms with Crippen LogP contribution in [0.15, 0.2) is 42.5 Å². The van der Waals surface area contributed by atoms with Gasteiger partial charge < -0.3 is 10.6 Å². The Morgan fingerprint density at radius 2 is 2.10 bits per heavy atom. The molecule has 0 saturated heterocycles. The summed E-state index contributed by atoms with van der Waals surface area (Å²) < 4.78 is 13.8. The molecule has 3 nitrogen and oxygen atoms in total. The first-order valence-corrected chi connectivity index (χ1v) is 7.80. The van der Waals surface area contributed by atoms with Crippen LogP contribution in [0.2, 0.25) is 0 Å². The van der Waals surface area contributed by atoms with Crippen molar-refractivity contribution in [3.8, 4) is 0 Å². The van der Waals surface area contributed by atoms with Crippen LogP contribution >= 0.6 is 22.6 Å². The molecule has 1 heterocycles. The number of carbonyl (C=O) groups excluding carboxylic acids is 1. The number of anilines is 1. The third kappa shape index (κ3) is 3.08. The van der Waals surface area contributed by atoms with Crippen molar-refractivity contribution in [1.82, 2.24) is 5.32 Å². The summed E-state index contributed by atoms with van der Waals surface area (Å²) in [5, 5.41) is 6.11. The van der Waals surface area contributed by atoms with Crippen LogP contribution in [0.3, 0.4) is 0 Å². The molecule has 0 radical (unpaired) electrons. The van der Waals surface area contributed by atoms with Crippen LogP contribution in [0.4, 0.5) is 10.1 Å². The number of benzene rings is 2. The highest BCUT2D eigenvalue weighted by Crippen LogP contribution is 2.25. The van der Waals surface area contributed by atoms with Gasteiger partial charge in [-0.3, -0.25) is 4.79 Å². The lowest BCUT2D eigenvalue weighted by atomic mass is 9.94. The number of fused-ring (bicyclic) bond motifs is 1. The minimum atomic E-state index is -0.365. The van der Waals surface area contributed by atoms with Gasteiger partial charge in [0, 0.05) is 10.1 Å². The third-order valence-electron chi connectivity index (χ3n) is 3.56. The van der Waals surface area contributed by atoms with E-state index in [-0.39, 0.29) is 17.8 Å². The van der Waals surface area contributed by atoms with Gasteiger partial charge in [0.15, 0.2) is 0 Å². The molecule has 1 aliphatic rings. The van der Waals surface area contributed by atoms with Crippen molar-refractivity contribution in [2.75, 3.05) is 11.9 Å². The molecular formula is C16H14FIN2O. The second-order valence-electron chi connectivity index (χ2n) is 4.95. The van der Waals surface area contributed by atoms with Gasteiger partial charge in [0.25, 0.3) is 0 Å². The molecule has 5 heteroatoms. The van der Waals surface area contributed by atoms with E-state index in [1.54, 1.807) is 6.07 Å². The molecule has 2 aromatic carbocycles. The van der Waals surface area contributed by atoms with Gasteiger partial charge in [-0.25, -0.2) is 4.39 Å². The average molecular weight is 396 g/mol. The highest BCUT2D eigenvalue weighted by molar-refractivity contribution is 14.1. The van der Waals surface area contributed by atoms with Crippen LogP contribution < -0.4 is 10.6 Å². The topological polar surface area (TPSA) is 41.1 Å². The van der Waals surface area contributed by atoms with E-state index in [9.17, 15) is 9.18 Å². The van der Waals surface area contributed by atoms with E-state index >= 15 is 0 Å². The molecule has 0 aromatic heterocycles. The van der Waals surface area contributed by atoms with Crippen molar-refractivity contribution in [3.63, 3.8) is 0 Å². The van der Waals surface area contributed by atoms with E-state index in [2.05, 4.69) is 16.7 Å². The standard InChI is InChI=1S/C16H14FIN2O/c17-11-5-6-14(13(18)9-11)20-16(21)15-12-4-2-1-3-10(12)7-8-19-15/h1-6,9,15,19H,7-8H2,(H,20,21). The van der Waals surface area contributed by atoms with E-state index in [1.807, 2.05) is 40.8 Å². The average Bonchev–Trinajstić information content (AvgIpc) is 2.49. The van der Waals surface area contributed by atoms with Crippen molar-refractivity contribution >= 4 is 34.2 Å². The van der Waals surface area contributed by atoms with E-state index in [0.29, 0.717) is 9.26 Å². The molecule has 2 aromatic rings. The number of nitrogens with one attached hydrogen (secondary N) is 2. The van der Waals surface area contributed by atoms with E-state index < -0.39 is 0 Å². The Morgan fingerprint density at radius 3 is 2.90 bits per heavy atom. The minimum absolute atomic E-state index is 0.119. The largest absolute Gasteiger partial charge is 0.323 e. The minimum Gasteiger partial charge on any atom is -0.323 e. The fraction of sp³-hybridized carbons (Fsp3) is 0.188. The number of amides is 1. The van der Waals surface area contributed by atoms with Gasteiger partial charge in [0.2, 0.25) is 5.91 Å². The molecule has 1 atom stereocenters. The van der Waals surface area contributed by atoms with Crippen LogP contribution in [0, 0.1) is 9.39 Å². The van der Waals surface area contributed by atoms with Gasteiger partial charge in [-0.15, -0.1) is 0 Å². The zero-order valence-electron chi connectivity index (χ0n) is 11.2. The second kappa shape index (κ2) is 6.11. The molecule has 0 saturated carbocycles. The fourth-order valence-electron chi connectivity index (χ4n) is 2.53. The zero-order chi connectivity index (χ0) is 14.8. The molecule has 0 bridgehead atoms. The van der Waals surface area contributed by atoms with Crippen molar-refractivity contribution in [2.45, 2.75) is 12.5 Å². The smallest absolute Gasteiger partial charge is 0.246 e. The Labute approximate surface area is 136 Å². The maximum Gasteiger partial charge on any atom is 0.246 e. The summed E-state index contributed by atoms with van der Waals surface area (Å²) >= 11 is 2.02. The van der Waals surface area contributed by atoms with Gasteiger partial charge >= 0.3 is 0 Å². The van der Waals surface area contributed by atoms with Crippen molar-refractivity contribution in [1.29, 1.82) is 0 Å².